The van der Waals surface area contributed by atoms with Gasteiger partial charge < -0.3 is 25.2 Å². The Hall–Kier alpha value is -3.02. The second kappa shape index (κ2) is 14.6. The van der Waals surface area contributed by atoms with E-state index in [-0.39, 0.29) is 29.2 Å². The minimum absolute atomic E-state index is 0.0270. The second-order valence-corrected chi connectivity index (χ2v) is 13.4. The molecule has 0 radical (unpaired) electrons. The fraction of sp³-hybridized carbons (Fsp3) is 0.625. The third kappa shape index (κ3) is 8.13. The van der Waals surface area contributed by atoms with Gasteiger partial charge in [-0.3, -0.25) is 19.3 Å². The normalized spacial score (nSPS) is 18.5. The Morgan fingerprint density at radius 2 is 1.88 bits per heavy atom. The first-order valence-corrected chi connectivity index (χ1v) is 16.3. The summed E-state index contributed by atoms with van der Waals surface area (Å²) in [5, 5.41) is 6.25. The standard InChI is InChI=1S/C32H48N6O4S/c1-7-27(39)37-15-13-36(14-16-37)17-18-42-26-19-23(28-22(2)35-21-43-28)10-11-24(26)20-34-30(40)25-9-8-12-38(25)31(41)29(33-6)32(3,4)5/h10-11,19,21,25,29,33H,7-9,12-18,20H2,1-6H3,(H,34,40)/t25?,29-/m1/s1. The zero-order valence-corrected chi connectivity index (χ0v) is 27.4. The number of hydrogen-bond acceptors (Lipinski definition) is 8. The molecule has 10 nitrogen and oxygen atoms in total. The van der Waals surface area contributed by atoms with Gasteiger partial charge in [-0.25, -0.2) is 4.98 Å². The molecule has 2 aliphatic heterocycles. The number of thiazole rings is 1. The van der Waals surface area contributed by atoms with E-state index in [0.717, 1.165) is 66.6 Å². The lowest BCUT2D eigenvalue weighted by Gasteiger charge is -2.34. The Morgan fingerprint density at radius 1 is 1.14 bits per heavy atom. The van der Waals surface area contributed by atoms with Gasteiger partial charge in [0, 0.05) is 57.8 Å². The van der Waals surface area contributed by atoms with E-state index in [9.17, 15) is 14.4 Å². The van der Waals surface area contributed by atoms with Gasteiger partial charge in [0.2, 0.25) is 17.7 Å². The molecule has 11 heteroatoms. The van der Waals surface area contributed by atoms with Crippen LogP contribution >= 0.6 is 11.3 Å². The first kappa shape index (κ1) is 32.9. The number of nitrogens with zero attached hydrogens (tertiary/aromatic N) is 4. The van der Waals surface area contributed by atoms with Crippen LogP contribution in [-0.4, -0.2) is 102 Å². The summed E-state index contributed by atoms with van der Waals surface area (Å²) in [7, 11) is 1.80. The minimum atomic E-state index is -0.479. The van der Waals surface area contributed by atoms with Gasteiger partial charge in [-0.15, -0.1) is 11.3 Å². The summed E-state index contributed by atoms with van der Waals surface area (Å²) < 4.78 is 6.35. The van der Waals surface area contributed by atoms with Crippen molar-refractivity contribution in [1.82, 2.24) is 30.3 Å². The maximum Gasteiger partial charge on any atom is 0.243 e. The summed E-state index contributed by atoms with van der Waals surface area (Å²) >= 11 is 1.59. The van der Waals surface area contributed by atoms with Crippen LogP contribution < -0.4 is 15.4 Å². The molecule has 236 valence electrons. The fourth-order valence-electron chi connectivity index (χ4n) is 5.98. The molecule has 0 bridgehead atoms. The molecule has 2 aromatic rings. The fourth-order valence-corrected chi connectivity index (χ4v) is 6.78. The number of carbonyl (C=O) groups is 3. The van der Waals surface area contributed by atoms with E-state index in [1.807, 2.05) is 63.2 Å². The van der Waals surface area contributed by atoms with Crippen LogP contribution in [0.15, 0.2) is 23.7 Å². The lowest BCUT2D eigenvalue weighted by atomic mass is 9.86. The Labute approximate surface area is 260 Å². The van der Waals surface area contributed by atoms with E-state index >= 15 is 0 Å². The van der Waals surface area contributed by atoms with Crippen molar-refractivity contribution in [2.45, 2.75) is 72.5 Å². The molecule has 3 amide bonds. The number of aromatic nitrogens is 1. The van der Waals surface area contributed by atoms with Crippen molar-refractivity contribution < 1.29 is 19.1 Å². The summed E-state index contributed by atoms with van der Waals surface area (Å²) in [6.07, 6.45) is 2.01. The SMILES string of the molecule is CCC(=O)N1CCN(CCOc2cc(-c3scnc3C)ccc2CNC(=O)C2CCCN2C(=O)[C@@H](NC)C(C)(C)C)CC1. The topological polar surface area (TPSA) is 107 Å². The highest BCUT2D eigenvalue weighted by atomic mass is 32.1. The van der Waals surface area contributed by atoms with Crippen molar-refractivity contribution in [3.05, 3.63) is 35.0 Å². The third-order valence-electron chi connectivity index (χ3n) is 8.46. The largest absolute Gasteiger partial charge is 0.492 e. The Morgan fingerprint density at radius 3 is 2.51 bits per heavy atom. The van der Waals surface area contributed by atoms with Crippen molar-refractivity contribution in [2.75, 3.05) is 52.9 Å². The van der Waals surface area contributed by atoms with Crippen molar-refractivity contribution in [1.29, 1.82) is 0 Å². The monoisotopic (exact) mass is 612 g/mol. The number of carbonyl (C=O) groups excluding carboxylic acids is 3. The van der Waals surface area contributed by atoms with Crippen LogP contribution in [0.3, 0.4) is 0 Å². The maximum atomic E-state index is 13.4. The number of piperazine rings is 1. The van der Waals surface area contributed by atoms with Crippen LogP contribution in [0, 0.1) is 12.3 Å². The van der Waals surface area contributed by atoms with E-state index < -0.39 is 6.04 Å². The molecule has 1 aromatic carbocycles. The zero-order valence-electron chi connectivity index (χ0n) is 26.6. The van der Waals surface area contributed by atoms with Crippen LogP contribution in [-0.2, 0) is 20.9 Å². The Balaban J connectivity index is 1.42. The zero-order chi connectivity index (χ0) is 31.1. The van der Waals surface area contributed by atoms with E-state index in [0.29, 0.717) is 32.5 Å². The average Bonchev–Trinajstić information content (AvgIpc) is 3.65. The number of rotatable bonds is 11. The lowest BCUT2D eigenvalue weighted by Crippen LogP contribution is -2.55. The Kier molecular flexibility index (Phi) is 11.2. The molecule has 1 aromatic heterocycles. The quantitative estimate of drug-likeness (QED) is 0.401. The summed E-state index contributed by atoms with van der Waals surface area (Å²) in [5.74, 6) is 0.773. The van der Waals surface area contributed by atoms with Gasteiger partial charge in [0.25, 0.3) is 0 Å². The molecule has 0 spiro atoms. The highest BCUT2D eigenvalue weighted by molar-refractivity contribution is 7.13. The van der Waals surface area contributed by atoms with Crippen molar-refractivity contribution in [2.24, 2.45) is 5.41 Å². The molecule has 2 saturated heterocycles. The molecule has 43 heavy (non-hydrogen) atoms. The molecule has 0 saturated carbocycles. The molecule has 3 heterocycles. The van der Waals surface area contributed by atoms with Crippen molar-refractivity contribution in [3.63, 3.8) is 0 Å². The first-order chi connectivity index (χ1) is 20.5. The number of nitrogens with one attached hydrogen (secondary N) is 2. The van der Waals surface area contributed by atoms with Gasteiger partial charge in [-0.1, -0.05) is 39.8 Å². The van der Waals surface area contributed by atoms with E-state index in [1.54, 1.807) is 23.3 Å². The number of aryl methyl sites for hydroxylation is 1. The average molecular weight is 613 g/mol. The summed E-state index contributed by atoms with van der Waals surface area (Å²) in [6, 6.07) is 5.25. The van der Waals surface area contributed by atoms with Crippen molar-refractivity contribution >= 4 is 29.1 Å². The van der Waals surface area contributed by atoms with Gasteiger partial charge in [-0.05, 0) is 43.9 Å². The molecule has 1 unspecified atom stereocenters. The highest BCUT2D eigenvalue weighted by Gasteiger charge is 2.40. The number of likely N-dealkylation sites (N-methyl/N-ethyl adjacent to an activating group) is 1. The maximum absolute atomic E-state index is 13.4. The summed E-state index contributed by atoms with van der Waals surface area (Å²) in [4.78, 5) is 50.3. The smallest absolute Gasteiger partial charge is 0.243 e. The van der Waals surface area contributed by atoms with Crippen LogP contribution in [0.1, 0.15) is 58.2 Å². The lowest BCUT2D eigenvalue weighted by molar-refractivity contribution is -0.142. The summed E-state index contributed by atoms with van der Waals surface area (Å²) in [6.45, 7) is 15.3. The summed E-state index contributed by atoms with van der Waals surface area (Å²) in [5.41, 5.74) is 4.47. The van der Waals surface area contributed by atoms with Crippen molar-refractivity contribution in [3.8, 4) is 16.2 Å². The highest BCUT2D eigenvalue weighted by Crippen LogP contribution is 2.32. The van der Waals surface area contributed by atoms with Gasteiger partial charge in [0.05, 0.1) is 22.1 Å². The minimum Gasteiger partial charge on any atom is -0.492 e. The van der Waals surface area contributed by atoms with E-state index in [4.69, 9.17) is 4.74 Å². The van der Waals surface area contributed by atoms with Gasteiger partial charge in [0.1, 0.15) is 18.4 Å². The van der Waals surface area contributed by atoms with Gasteiger partial charge in [0.15, 0.2) is 0 Å². The van der Waals surface area contributed by atoms with Gasteiger partial charge >= 0.3 is 0 Å². The molecular formula is C32H48N6O4S. The predicted molar refractivity (Wildman–Crippen MR) is 170 cm³/mol. The molecular weight excluding hydrogens is 564 g/mol. The number of amides is 3. The molecule has 2 aliphatic rings. The van der Waals surface area contributed by atoms with Crippen LogP contribution in [0.5, 0.6) is 5.75 Å². The molecule has 2 fully saturated rings. The first-order valence-electron chi connectivity index (χ1n) is 15.4. The molecule has 2 N–H and O–H groups in total. The molecule has 4 rings (SSSR count). The second-order valence-electron chi connectivity index (χ2n) is 12.5. The van der Waals surface area contributed by atoms with Crippen LogP contribution in [0.25, 0.3) is 10.4 Å². The van der Waals surface area contributed by atoms with E-state index in [2.05, 4.69) is 20.5 Å². The van der Waals surface area contributed by atoms with Gasteiger partial charge in [-0.2, -0.15) is 0 Å². The number of likely N-dealkylation sites (tertiary alicyclic amines) is 1. The number of hydrogen-bond donors (Lipinski definition) is 2. The number of ether oxygens (including phenoxy) is 1. The molecule has 2 atom stereocenters. The predicted octanol–water partition coefficient (Wildman–Crippen LogP) is 3.29. The van der Waals surface area contributed by atoms with Crippen LogP contribution in [0.2, 0.25) is 0 Å². The molecule has 0 aliphatic carbocycles. The Bertz CT molecular complexity index is 1270. The third-order valence-corrected chi connectivity index (χ3v) is 9.44. The van der Waals surface area contributed by atoms with E-state index in [1.165, 1.54) is 0 Å². The number of benzene rings is 1. The van der Waals surface area contributed by atoms with Crippen LogP contribution in [0.4, 0.5) is 0 Å².